The first-order valence-corrected chi connectivity index (χ1v) is 13.5. The summed E-state index contributed by atoms with van der Waals surface area (Å²) in [7, 11) is 0. The number of amides is 3. The summed E-state index contributed by atoms with van der Waals surface area (Å²) in [5, 5.41) is 5.64. The molecule has 3 amide bonds. The van der Waals surface area contributed by atoms with Crippen LogP contribution in [0.5, 0.6) is 5.75 Å². The summed E-state index contributed by atoms with van der Waals surface area (Å²) in [6, 6.07) is 12.3. The lowest BCUT2D eigenvalue weighted by molar-refractivity contribution is -0.141. The van der Waals surface area contributed by atoms with Gasteiger partial charge in [0.1, 0.15) is 35.8 Å². The zero-order valence-electron chi connectivity index (χ0n) is 22.8. The van der Waals surface area contributed by atoms with Gasteiger partial charge >= 0.3 is 6.03 Å². The molecule has 2 bridgehead atoms. The van der Waals surface area contributed by atoms with Crippen molar-refractivity contribution in [3.63, 3.8) is 0 Å². The maximum atomic E-state index is 13.6. The molecule has 3 aliphatic rings. The van der Waals surface area contributed by atoms with E-state index < -0.39 is 17.7 Å². The minimum atomic E-state index is -0.637. The van der Waals surface area contributed by atoms with Crippen LogP contribution in [-0.2, 0) is 16.0 Å². The van der Waals surface area contributed by atoms with Gasteiger partial charge in [0.15, 0.2) is 11.6 Å². The maximum absolute atomic E-state index is 13.6. The molecule has 1 aromatic carbocycles. The zero-order valence-corrected chi connectivity index (χ0v) is 22.8. The van der Waals surface area contributed by atoms with Gasteiger partial charge in [-0.15, -0.1) is 0 Å². The van der Waals surface area contributed by atoms with Gasteiger partial charge in [-0.2, -0.15) is 0 Å². The molecule has 2 N–H and O–H groups in total. The Balaban J connectivity index is 1.15. The molecule has 2 saturated heterocycles. The lowest BCUT2D eigenvalue weighted by Gasteiger charge is -2.35. The fourth-order valence-electron chi connectivity index (χ4n) is 5.29. The molecule has 6 rings (SSSR count). The highest BCUT2D eigenvalue weighted by Gasteiger charge is 2.40. The fraction of sp³-hybridized carbons (Fsp3) is 0.379. The number of halogens is 1. The van der Waals surface area contributed by atoms with E-state index in [0.29, 0.717) is 42.7 Å². The van der Waals surface area contributed by atoms with Crippen LogP contribution >= 0.6 is 0 Å². The molecular weight excluding hydrogens is 531 g/mol. The minimum Gasteiger partial charge on any atom is -0.491 e. The van der Waals surface area contributed by atoms with Gasteiger partial charge < -0.3 is 24.4 Å². The number of aromatic nitrogens is 2. The van der Waals surface area contributed by atoms with E-state index in [4.69, 9.17) is 14.2 Å². The summed E-state index contributed by atoms with van der Waals surface area (Å²) >= 11 is 0. The molecular formula is C29H31FN6O5. The quantitative estimate of drug-likeness (QED) is 0.448. The van der Waals surface area contributed by atoms with Gasteiger partial charge in [0.2, 0.25) is 0 Å². The second-order valence-corrected chi connectivity index (χ2v) is 10.7. The highest BCUT2D eigenvalue weighted by Crippen LogP contribution is 2.39. The Morgan fingerprint density at radius 1 is 1.20 bits per heavy atom. The molecule has 3 aromatic rings. The van der Waals surface area contributed by atoms with E-state index in [1.54, 1.807) is 41.4 Å². The number of urea groups is 1. The smallest absolute Gasteiger partial charge is 0.329 e. The van der Waals surface area contributed by atoms with E-state index >= 15 is 0 Å². The fourth-order valence-corrected chi connectivity index (χ4v) is 5.29. The number of hydrogen-bond acceptors (Lipinski definition) is 8. The number of carbonyl (C=O) groups is 2. The standard InChI is InChI=1S/C29H31FN6O5/c1-29(2)40-17-22(41-29)16-39-21-8-10-31-25(13-21)34-28(38)36-20-9-11-35(15-20)24-7-6-23(33-26(24)36)27(37)32-14-18-4-3-5-19(30)12-18/h3-8,10,12-13,20,22H,9,11,14-17H2,1-2H3,(H,32,37)(H,31,34,38)/t20-,22-/m0/s1. The van der Waals surface area contributed by atoms with Crippen LogP contribution in [0.4, 0.5) is 26.5 Å². The molecule has 41 heavy (non-hydrogen) atoms. The summed E-state index contributed by atoms with van der Waals surface area (Å²) in [5.74, 6) is -0.169. The molecule has 12 heteroatoms. The Bertz CT molecular complexity index is 1470. The molecule has 2 fully saturated rings. The number of hydrogen-bond donors (Lipinski definition) is 2. The molecule has 2 aromatic heterocycles. The van der Waals surface area contributed by atoms with E-state index in [9.17, 15) is 14.0 Å². The van der Waals surface area contributed by atoms with Crippen molar-refractivity contribution in [2.45, 2.75) is 44.7 Å². The molecule has 0 saturated carbocycles. The Hall–Kier alpha value is -4.29. The van der Waals surface area contributed by atoms with E-state index in [1.165, 1.54) is 12.1 Å². The monoisotopic (exact) mass is 562 g/mol. The van der Waals surface area contributed by atoms with Crippen molar-refractivity contribution in [1.82, 2.24) is 15.3 Å². The summed E-state index contributed by atoms with van der Waals surface area (Å²) < 4.78 is 30.7. The number of pyridine rings is 2. The second-order valence-electron chi connectivity index (χ2n) is 10.7. The summed E-state index contributed by atoms with van der Waals surface area (Å²) in [6.45, 7) is 6.04. The highest BCUT2D eigenvalue weighted by atomic mass is 19.1. The molecule has 0 radical (unpaired) electrons. The number of ether oxygens (including phenoxy) is 3. The third-order valence-electron chi connectivity index (χ3n) is 7.22. The number of rotatable bonds is 7. The van der Waals surface area contributed by atoms with Gasteiger partial charge in [-0.1, -0.05) is 12.1 Å². The third-order valence-corrected chi connectivity index (χ3v) is 7.22. The van der Waals surface area contributed by atoms with Gasteiger partial charge in [0.05, 0.1) is 18.3 Å². The lowest BCUT2D eigenvalue weighted by atomic mass is 10.1. The van der Waals surface area contributed by atoms with Crippen molar-refractivity contribution < 1.29 is 28.2 Å². The van der Waals surface area contributed by atoms with Gasteiger partial charge in [-0.25, -0.2) is 19.2 Å². The number of nitrogens with zero attached hydrogens (tertiary/aromatic N) is 4. The van der Waals surface area contributed by atoms with E-state index in [1.807, 2.05) is 19.9 Å². The zero-order chi connectivity index (χ0) is 28.6. The van der Waals surface area contributed by atoms with Crippen molar-refractivity contribution >= 4 is 29.3 Å². The number of fused-ring (bicyclic) bond motifs is 4. The van der Waals surface area contributed by atoms with Crippen molar-refractivity contribution in [1.29, 1.82) is 0 Å². The summed E-state index contributed by atoms with van der Waals surface area (Å²) in [4.78, 5) is 39.2. The predicted octanol–water partition coefficient (Wildman–Crippen LogP) is 3.71. The van der Waals surface area contributed by atoms with Crippen LogP contribution in [0.25, 0.3) is 0 Å². The van der Waals surface area contributed by atoms with Crippen molar-refractivity contribution in [2.75, 3.05) is 41.4 Å². The lowest BCUT2D eigenvalue weighted by Crippen LogP contribution is -2.48. The van der Waals surface area contributed by atoms with Crippen LogP contribution in [0, 0.1) is 5.82 Å². The minimum absolute atomic E-state index is 0.108. The van der Waals surface area contributed by atoms with Crippen molar-refractivity contribution in [2.24, 2.45) is 0 Å². The van der Waals surface area contributed by atoms with Crippen molar-refractivity contribution in [3.05, 3.63) is 71.8 Å². The molecule has 0 unspecified atom stereocenters. The second kappa shape index (κ2) is 10.9. The number of anilines is 3. The molecule has 0 aliphatic carbocycles. The van der Waals surface area contributed by atoms with E-state index in [2.05, 4.69) is 25.5 Å². The van der Waals surface area contributed by atoms with Crippen LogP contribution in [-0.4, -0.2) is 66.1 Å². The third kappa shape index (κ3) is 5.93. The average Bonchev–Trinajstić information content (AvgIpc) is 3.53. The molecule has 0 spiro atoms. The number of benzene rings is 1. The van der Waals surface area contributed by atoms with Crippen molar-refractivity contribution in [3.8, 4) is 5.75 Å². The first kappa shape index (κ1) is 26.9. The first-order valence-electron chi connectivity index (χ1n) is 13.5. The Kier molecular flexibility index (Phi) is 7.18. The maximum Gasteiger partial charge on any atom is 0.329 e. The van der Waals surface area contributed by atoms with Gasteiger partial charge in [0, 0.05) is 31.9 Å². The normalized spacial score (nSPS) is 20.5. The van der Waals surface area contributed by atoms with Gasteiger partial charge in [-0.05, 0) is 56.2 Å². The Morgan fingerprint density at radius 3 is 2.88 bits per heavy atom. The molecule has 5 heterocycles. The molecule has 11 nitrogen and oxygen atoms in total. The predicted molar refractivity (Wildman–Crippen MR) is 149 cm³/mol. The average molecular weight is 563 g/mol. The Morgan fingerprint density at radius 2 is 2.07 bits per heavy atom. The van der Waals surface area contributed by atoms with E-state index in [-0.39, 0.29) is 30.2 Å². The molecule has 2 atom stereocenters. The highest BCUT2D eigenvalue weighted by molar-refractivity contribution is 6.05. The first-order chi connectivity index (χ1) is 19.7. The van der Waals surface area contributed by atoms with E-state index in [0.717, 1.165) is 18.7 Å². The van der Waals surface area contributed by atoms with Gasteiger partial charge in [-0.3, -0.25) is 15.0 Å². The molecule has 3 aliphatic heterocycles. The van der Waals surface area contributed by atoms with Crippen LogP contribution in [0.15, 0.2) is 54.7 Å². The number of carbonyl (C=O) groups excluding carboxylic acids is 2. The largest absolute Gasteiger partial charge is 0.491 e. The molecule has 214 valence electrons. The Labute approximate surface area is 236 Å². The van der Waals surface area contributed by atoms with Gasteiger partial charge in [0.25, 0.3) is 5.91 Å². The van der Waals surface area contributed by atoms with Crippen LogP contribution in [0.3, 0.4) is 0 Å². The SMILES string of the molecule is CC1(C)OC[C@H](COc2ccnc(NC(=O)N3c4nc(C(=O)NCc5cccc(F)c5)ccc4N4CC[C@H]3C4)c2)O1. The number of nitrogens with one attached hydrogen (secondary N) is 2. The van der Waals surface area contributed by atoms with Crippen LogP contribution in [0.2, 0.25) is 0 Å². The summed E-state index contributed by atoms with van der Waals surface area (Å²) in [5.41, 5.74) is 1.57. The topological polar surface area (TPSA) is 118 Å². The van der Waals surface area contributed by atoms with Crippen LogP contribution in [0.1, 0.15) is 36.3 Å². The van der Waals surface area contributed by atoms with Crippen LogP contribution < -0.4 is 25.2 Å². The summed E-state index contributed by atoms with van der Waals surface area (Å²) in [6.07, 6.45) is 2.13.